The van der Waals surface area contributed by atoms with Gasteiger partial charge in [-0.05, 0) is 12.1 Å². The van der Waals surface area contributed by atoms with Crippen molar-refractivity contribution in [3.63, 3.8) is 0 Å². The van der Waals surface area contributed by atoms with Gasteiger partial charge in [-0.2, -0.15) is 0 Å². The Morgan fingerprint density at radius 1 is 1.54 bits per heavy atom. The summed E-state index contributed by atoms with van der Waals surface area (Å²) in [6, 6.07) is 3.37. The lowest BCUT2D eigenvalue weighted by Crippen LogP contribution is -2.35. The fourth-order valence-corrected chi connectivity index (χ4v) is 1.05. The van der Waals surface area contributed by atoms with Crippen molar-refractivity contribution in [2.75, 3.05) is 13.2 Å². The van der Waals surface area contributed by atoms with Gasteiger partial charge in [0.05, 0.1) is 13.2 Å². The zero-order valence-corrected chi connectivity index (χ0v) is 7.06. The maximum absolute atomic E-state index is 10.3. The van der Waals surface area contributed by atoms with E-state index in [1.807, 2.05) is 0 Å². The average Bonchev–Trinajstić information content (AvgIpc) is 2.49. The van der Waals surface area contributed by atoms with Gasteiger partial charge in [-0.1, -0.05) is 0 Å². The summed E-state index contributed by atoms with van der Waals surface area (Å²) in [5.74, 6) is 1.01. The van der Waals surface area contributed by atoms with Gasteiger partial charge in [-0.15, -0.1) is 0 Å². The highest BCUT2D eigenvalue weighted by Crippen LogP contribution is 2.11. The quantitative estimate of drug-likeness (QED) is 0.652. The largest absolute Gasteiger partial charge is 0.456 e. The third kappa shape index (κ3) is 1.96. The number of furan rings is 1. The molecule has 4 heteroatoms. The Bertz CT molecular complexity index is 288. The summed E-state index contributed by atoms with van der Waals surface area (Å²) in [5, 5.41) is 0. The molecule has 1 aromatic heterocycles. The molecule has 0 bridgehead atoms. The summed E-state index contributed by atoms with van der Waals surface area (Å²) in [6.45, 7) is 1.71. The lowest BCUT2D eigenvalue weighted by molar-refractivity contribution is -0.137. The van der Waals surface area contributed by atoms with E-state index in [4.69, 9.17) is 13.9 Å². The molecule has 70 valence electrons. The van der Waals surface area contributed by atoms with Crippen LogP contribution in [0.5, 0.6) is 0 Å². The molecule has 4 nitrogen and oxygen atoms in total. The number of ether oxygens (including phenoxy) is 2. The van der Waals surface area contributed by atoms with Gasteiger partial charge in [0.15, 0.2) is 12.0 Å². The van der Waals surface area contributed by atoms with Crippen molar-refractivity contribution in [3.8, 4) is 0 Å². The summed E-state index contributed by atoms with van der Waals surface area (Å²) < 4.78 is 15.4. The van der Waals surface area contributed by atoms with Crippen LogP contribution >= 0.6 is 0 Å². The molecule has 1 aliphatic heterocycles. The molecule has 2 heterocycles. The zero-order valence-electron chi connectivity index (χ0n) is 7.06. The van der Waals surface area contributed by atoms with Crippen LogP contribution in [0.25, 0.3) is 0 Å². The van der Waals surface area contributed by atoms with Gasteiger partial charge < -0.3 is 13.9 Å². The van der Waals surface area contributed by atoms with E-state index in [-0.39, 0.29) is 6.10 Å². The van der Waals surface area contributed by atoms with Gasteiger partial charge >= 0.3 is 0 Å². The van der Waals surface area contributed by atoms with E-state index in [0.717, 1.165) is 0 Å². The van der Waals surface area contributed by atoms with Crippen LogP contribution in [-0.2, 0) is 16.1 Å². The second kappa shape index (κ2) is 3.72. The maximum Gasteiger partial charge on any atom is 0.185 e. The molecule has 2 rings (SSSR count). The van der Waals surface area contributed by atoms with E-state index < -0.39 is 0 Å². The molecular weight excluding hydrogens is 172 g/mol. The normalized spacial score (nSPS) is 16.9. The van der Waals surface area contributed by atoms with Gasteiger partial charge in [0, 0.05) is 0 Å². The molecule has 1 fully saturated rings. The Kier molecular flexibility index (Phi) is 2.42. The Balaban J connectivity index is 1.82. The highest BCUT2D eigenvalue weighted by molar-refractivity contribution is 5.70. The standard InChI is InChI=1S/C9H10O4/c10-3-7-1-2-8(13-7)6-12-9-4-11-5-9/h1-3,9H,4-6H2. The number of carbonyl (C=O) groups is 1. The Morgan fingerprint density at radius 2 is 2.38 bits per heavy atom. The minimum Gasteiger partial charge on any atom is -0.456 e. The lowest BCUT2D eigenvalue weighted by atomic mass is 10.3. The van der Waals surface area contributed by atoms with Gasteiger partial charge in [-0.25, -0.2) is 0 Å². The Morgan fingerprint density at radius 3 is 2.92 bits per heavy atom. The van der Waals surface area contributed by atoms with Gasteiger partial charge in [0.25, 0.3) is 0 Å². The molecule has 0 N–H and O–H groups in total. The highest BCUT2D eigenvalue weighted by atomic mass is 16.6. The molecule has 1 saturated heterocycles. The van der Waals surface area contributed by atoms with Crippen molar-refractivity contribution < 1.29 is 18.7 Å². The van der Waals surface area contributed by atoms with E-state index in [1.54, 1.807) is 12.1 Å². The predicted octanol–water partition coefficient (Wildman–Crippen LogP) is 1.01. The smallest absolute Gasteiger partial charge is 0.185 e. The minimum absolute atomic E-state index is 0.185. The summed E-state index contributed by atoms with van der Waals surface area (Å²) in [5.41, 5.74) is 0. The molecule has 0 unspecified atom stereocenters. The number of carbonyl (C=O) groups excluding carboxylic acids is 1. The van der Waals surface area contributed by atoms with Crippen molar-refractivity contribution in [2.45, 2.75) is 12.7 Å². The first kappa shape index (κ1) is 8.47. The monoisotopic (exact) mass is 182 g/mol. The maximum atomic E-state index is 10.3. The fraction of sp³-hybridized carbons (Fsp3) is 0.444. The number of hydrogen-bond donors (Lipinski definition) is 0. The molecule has 1 aliphatic rings. The molecule has 0 aliphatic carbocycles. The van der Waals surface area contributed by atoms with Crippen molar-refractivity contribution in [2.24, 2.45) is 0 Å². The van der Waals surface area contributed by atoms with Crippen LogP contribution < -0.4 is 0 Å². The van der Waals surface area contributed by atoms with E-state index in [9.17, 15) is 4.79 Å². The third-order valence-electron chi connectivity index (χ3n) is 1.87. The molecular formula is C9H10O4. The van der Waals surface area contributed by atoms with Crippen molar-refractivity contribution in [1.29, 1.82) is 0 Å². The Hall–Kier alpha value is -1.13. The molecule has 0 atom stereocenters. The fourth-order valence-electron chi connectivity index (χ4n) is 1.05. The average molecular weight is 182 g/mol. The van der Waals surface area contributed by atoms with Crippen LogP contribution in [0.4, 0.5) is 0 Å². The number of aldehydes is 1. The van der Waals surface area contributed by atoms with Crippen LogP contribution in [0.3, 0.4) is 0 Å². The van der Waals surface area contributed by atoms with E-state index in [2.05, 4.69) is 0 Å². The minimum atomic E-state index is 0.185. The summed E-state index contributed by atoms with van der Waals surface area (Å²) in [6.07, 6.45) is 0.862. The van der Waals surface area contributed by atoms with E-state index in [0.29, 0.717) is 37.6 Å². The van der Waals surface area contributed by atoms with Gasteiger partial charge in [-0.3, -0.25) is 4.79 Å². The van der Waals surface area contributed by atoms with Gasteiger partial charge in [0.2, 0.25) is 0 Å². The first-order chi connectivity index (χ1) is 6.38. The van der Waals surface area contributed by atoms with Crippen LogP contribution in [0, 0.1) is 0 Å². The SMILES string of the molecule is O=Cc1ccc(COC2COC2)o1. The van der Waals surface area contributed by atoms with Crippen LogP contribution in [-0.4, -0.2) is 25.6 Å². The Labute approximate surface area is 75.4 Å². The second-order valence-corrected chi connectivity index (χ2v) is 2.89. The summed E-state index contributed by atoms with van der Waals surface area (Å²) in [4.78, 5) is 10.3. The van der Waals surface area contributed by atoms with Crippen LogP contribution in [0.2, 0.25) is 0 Å². The molecule has 0 saturated carbocycles. The first-order valence-electron chi connectivity index (χ1n) is 4.12. The summed E-state index contributed by atoms with van der Waals surface area (Å²) >= 11 is 0. The number of rotatable bonds is 4. The van der Waals surface area contributed by atoms with E-state index >= 15 is 0 Å². The molecule has 0 radical (unpaired) electrons. The molecule has 0 aromatic carbocycles. The highest BCUT2D eigenvalue weighted by Gasteiger charge is 2.19. The van der Waals surface area contributed by atoms with Crippen molar-refractivity contribution >= 4 is 6.29 Å². The number of hydrogen-bond acceptors (Lipinski definition) is 4. The van der Waals surface area contributed by atoms with Crippen molar-refractivity contribution in [1.82, 2.24) is 0 Å². The zero-order chi connectivity index (χ0) is 9.10. The van der Waals surface area contributed by atoms with E-state index in [1.165, 1.54) is 0 Å². The first-order valence-corrected chi connectivity index (χ1v) is 4.12. The van der Waals surface area contributed by atoms with Crippen LogP contribution in [0.1, 0.15) is 16.3 Å². The molecule has 0 amide bonds. The molecule has 1 aromatic rings. The topological polar surface area (TPSA) is 48.7 Å². The summed E-state index contributed by atoms with van der Waals surface area (Å²) in [7, 11) is 0. The third-order valence-corrected chi connectivity index (χ3v) is 1.87. The van der Waals surface area contributed by atoms with Gasteiger partial charge in [0.1, 0.15) is 18.5 Å². The molecule has 13 heavy (non-hydrogen) atoms. The predicted molar refractivity (Wildman–Crippen MR) is 43.5 cm³/mol. The van der Waals surface area contributed by atoms with Crippen molar-refractivity contribution in [3.05, 3.63) is 23.7 Å². The lowest BCUT2D eigenvalue weighted by Gasteiger charge is -2.25. The van der Waals surface area contributed by atoms with Crippen LogP contribution in [0.15, 0.2) is 16.5 Å². The second-order valence-electron chi connectivity index (χ2n) is 2.89. The molecule has 0 spiro atoms.